The van der Waals surface area contributed by atoms with Crippen molar-refractivity contribution < 1.29 is 24.2 Å². The van der Waals surface area contributed by atoms with E-state index in [1.54, 1.807) is 6.92 Å². The number of carbonyl (C=O) groups excluding carboxylic acids is 1. The predicted molar refractivity (Wildman–Crippen MR) is 68.1 cm³/mol. The summed E-state index contributed by atoms with van der Waals surface area (Å²) < 4.78 is 10.6. The Labute approximate surface area is 112 Å². The number of nitrogens with one attached hydrogen (secondary N) is 1. The lowest BCUT2D eigenvalue weighted by molar-refractivity contribution is -0.147. The van der Waals surface area contributed by atoms with Gasteiger partial charge in [0.15, 0.2) is 0 Å². The summed E-state index contributed by atoms with van der Waals surface area (Å²) in [6.45, 7) is 6.88. The molecule has 0 aliphatic carbocycles. The van der Waals surface area contributed by atoms with Crippen LogP contribution in [0, 0.1) is 0 Å². The average Bonchev–Trinajstić information content (AvgIpc) is 2.38. The molecule has 1 atom stereocenters. The van der Waals surface area contributed by atoms with Crippen molar-refractivity contribution in [1.29, 1.82) is 0 Å². The number of nitrogens with zero attached hydrogens (tertiary/aromatic N) is 1. The Morgan fingerprint density at radius 1 is 1.42 bits per heavy atom. The highest BCUT2D eigenvalue weighted by molar-refractivity contribution is 5.85. The zero-order chi connectivity index (χ0) is 14.5. The van der Waals surface area contributed by atoms with Crippen LogP contribution in [0.25, 0.3) is 0 Å². The predicted octanol–water partition coefficient (Wildman–Crippen LogP) is 0.297. The third kappa shape index (κ3) is 4.07. The Kier molecular flexibility index (Phi) is 5.56. The number of amides is 2. The molecule has 1 heterocycles. The fourth-order valence-corrected chi connectivity index (χ4v) is 1.86. The van der Waals surface area contributed by atoms with Gasteiger partial charge in [0.2, 0.25) is 0 Å². The van der Waals surface area contributed by atoms with Crippen LogP contribution < -0.4 is 5.32 Å². The molecular formula is C12H22N2O5. The van der Waals surface area contributed by atoms with E-state index in [1.807, 2.05) is 0 Å². The molecule has 0 aromatic carbocycles. The number of carboxylic acid groups (broad SMARTS) is 1. The molecule has 2 N–H and O–H groups in total. The standard InChI is InChI=1S/C12H22N2O5/c1-4-14(12(2,3)10(15)16)11(17)13-7-9-8-18-5-6-19-9/h9H,4-8H2,1-3H3,(H,13,17)(H,15,16). The van der Waals surface area contributed by atoms with Gasteiger partial charge in [-0.1, -0.05) is 0 Å². The minimum absolute atomic E-state index is 0.177. The Balaban J connectivity index is 2.52. The summed E-state index contributed by atoms with van der Waals surface area (Å²) in [6.07, 6.45) is -0.177. The van der Waals surface area contributed by atoms with Crippen molar-refractivity contribution in [2.24, 2.45) is 0 Å². The first-order chi connectivity index (χ1) is 8.89. The molecule has 1 saturated heterocycles. The number of rotatable bonds is 5. The second-order valence-electron chi connectivity index (χ2n) is 4.86. The van der Waals surface area contributed by atoms with E-state index in [-0.39, 0.29) is 6.10 Å². The first-order valence-corrected chi connectivity index (χ1v) is 6.37. The van der Waals surface area contributed by atoms with Crippen LogP contribution in [-0.2, 0) is 14.3 Å². The van der Waals surface area contributed by atoms with Gasteiger partial charge in [-0.25, -0.2) is 9.59 Å². The first-order valence-electron chi connectivity index (χ1n) is 6.37. The fourth-order valence-electron chi connectivity index (χ4n) is 1.86. The van der Waals surface area contributed by atoms with E-state index in [0.717, 1.165) is 0 Å². The van der Waals surface area contributed by atoms with E-state index in [1.165, 1.54) is 18.7 Å². The third-order valence-electron chi connectivity index (χ3n) is 3.13. The molecule has 19 heavy (non-hydrogen) atoms. The second-order valence-corrected chi connectivity index (χ2v) is 4.86. The van der Waals surface area contributed by atoms with Crippen LogP contribution in [0.3, 0.4) is 0 Å². The normalized spacial score (nSPS) is 19.8. The monoisotopic (exact) mass is 274 g/mol. The number of hydrogen-bond acceptors (Lipinski definition) is 4. The van der Waals surface area contributed by atoms with Crippen molar-refractivity contribution in [3.8, 4) is 0 Å². The molecule has 7 heteroatoms. The van der Waals surface area contributed by atoms with Gasteiger partial charge < -0.3 is 24.8 Å². The van der Waals surface area contributed by atoms with Gasteiger partial charge in [0, 0.05) is 13.1 Å². The van der Waals surface area contributed by atoms with Crippen LogP contribution in [-0.4, -0.2) is 66.6 Å². The van der Waals surface area contributed by atoms with Crippen molar-refractivity contribution in [1.82, 2.24) is 10.2 Å². The van der Waals surface area contributed by atoms with Crippen molar-refractivity contribution in [3.63, 3.8) is 0 Å². The first kappa shape index (κ1) is 15.7. The topological polar surface area (TPSA) is 88.1 Å². The molecule has 0 saturated carbocycles. The van der Waals surface area contributed by atoms with Crippen LogP contribution in [0.2, 0.25) is 0 Å². The van der Waals surface area contributed by atoms with E-state index in [0.29, 0.717) is 32.9 Å². The number of carbonyl (C=O) groups is 2. The van der Waals surface area contributed by atoms with Crippen LogP contribution in [0.4, 0.5) is 4.79 Å². The van der Waals surface area contributed by atoms with Crippen molar-refractivity contribution in [2.75, 3.05) is 32.9 Å². The molecule has 7 nitrogen and oxygen atoms in total. The SMILES string of the molecule is CCN(C(=O)NCC1COCCO1)C(C)(C)C(=O)O. The van der Waals surface area contributed by atoms with Gasteiger partial charge in [-0.15, -0.1) is 0 Å². The van der Waals surface area contributed by atoms with E-state index in [4.69, 9.17) is 14.6 Å². The highest BCUT2D eigenvalue weighted by Crippen LogP contribution is 2.14. The van der Waals surface area contributed by atoms with Crippen LogP contribution in [0.15, 0.2) is 0 Å². The Bertz CT molecular complexity index is 326. The maximum atomic E-state index is 12.0. The van der Waals surface area contributed by atoms with Gasteiger partial charge in [0.1, 0.15) is 5.54 Å². The maximum Gasteiger partial charge on any atom is 0.329 e. The summed E-state index contributed by atoms with van der Waals surface area (Å²) in [5.74, 6) is -1.04. The highest BCUT2D eigenvalue weighted by atomic mass is 16.6. The van der Waals surface area contributed by atoms with Gasteiger partial charge in [0.05, 0.1) is 25.9 Å². The average molecular weight is 274 g/mol. The molecule has 0 bridgehead atoms. The van der Waals surface area contributed by atoms with Crippen molar-refractivity contribution in [3.05, 3.63) is 0 Å². The summed E-state index contributed by atoms with van der Waals surface area (Å²) in [4.78, 5) is 24.5. The van der Waals surface area contributed by atoms with Gasteiger partial charge in [0.25, 0.3) is 0 Å². The van der Waals surface area contributed by atoms with Gasteiger partial charge in [-0.3, -0.25) is 0 Å². The molecule has 1 aliphatic heterocycles. The number of urea groups is 1. The van der Waals surface area contributed by atoms with Crippen molar-refractivity contribution >= 4 is 12.0 Å². The molecule has 0 spiro atoms. The fraction of sp³-hybridized carbons (Fsp3) is 0.833. The molecule has 1 aliphatic rings. The largest absolute Gasteiger partial charge is 0.480 e. The smallest absolute Gasteiger partial charge is 0.329 e. The number of aliphatic carboxylic acids is 1. The molecule has 1 fully saturated rings. The summed E-state index contributed by atoms with van der Waals surface area (Å²) in [7, 11) is 0. The lowest BCUT2D eigenvalue weighted by Crippen LogP contribution is -2.57. The maximum absolute atomic E-state index is 12.0. The molecule has 110 valence electrons. The van der Waals surface area contributed by atoms with E-state index >= 15 is 0 Å². The van der Waals surface area contributed by atoms with Gasteiger partial charge in [-0.2, -0.15) is 0 Å². The summed E-state index contributed by atoms with van der Waals surface area (Å²) >= 11 is 0. The molecule has 1 unspecified atom stereocenters. The summed E-state index contributed by atoms with van der Waals surface area (Å²) in [5.41, 5.74) is -1.25. The molecular weight excluding hydrogens is 252 g/mol. The Morgan fingerprint density at radius 2 is 2.11 bits per heavy atom. The van der Waals surface area contributed by atoms with Crippen LogP contribution in [0.1, 0.15) is 20.8 Å². The zero-order valence-electron chi connectivity index (χ0n) is 11.6. The Morgan fingerprint density at radius 3 is 2.58 bits per heavy atom. The number of likely N-dealkylation sites (N-methyl/N-ethyl adjacent to an activating group) is 1. The third-order valence-corrected chi connectivity index (χ3v) is 3.13. The lowest BCUT2D eigenvalue weighted by Gasteiger charge is -2.34. The highest BCUT2D eigenvalue weighted by Gasteiger charge is 2.37. The second kappa shape index (κ2) is 6.72. The zero-order valence-corrected chi connectivity index (χ0v) is 11.6. The minimum atomic E-state index is -1.25. The van der Waals surface area contributed by atoms with Crippen molar-refractivity contribution in [2.45, 2.75) is 32.4 Å². The number of carboxylic acids is 1. The Hall–Kier alpha value is -1.34. The van der Waals surface area contributed by atoms with Crippen LogP contribution in [0.5, 0.6) is 0 Å². The van der Waals surface area contributed by atoms with Gasteiger partial charge in [-0.05, 0) is 20.8 Å². The lowest BCUT2D eigenvalue weighted by atomic mass is 10.0. The molecule has 0 radical (unpaired) electrons. The summed E-state index contributed by atoms with van der Waals surface area (Å²) in [5, 5.41) is 11.8. The molecule has 2 amide bonds. The summed E-state index contributed by atoms with van der Waals surface area (Å²) in [6, 6.07) is -0.413. The molecule has 1 rings (SSSR count). The van der Waals surface area contributed by atoms with E-state index in [2.05, 4.69) is 5.32 Å². The van der Waals surface area contributed by atoms with Gasteiger partial charge >= 0.3 is 12.0 Å². The van der Waals surface area contributed by atoms with Crippen LogP contribution >= 0.6 is 0 Å². The number of hydrogen-bond donors (Lipinski definition) is 2. The quantitative estimate of drug-likeness (QED) is 0.752. The molecule has 0 aromatic rings. The minimum Gasteiger partial charge on any atom is -0.480 e. The van der Waals surface area contributed by atoms with E-state index < -0.39 is 17.5 Å². The van der Waals surface area contributed by atoms with E-state index in [9.17, 15) is 9.59 Å². The number of ether oxygens (including phenoxy) is 2. The molecule has 0 aromatic heterocycles.